The number of thioether (sulfide) groups is 1. The quantitative estimate of drug-likeness (QED) is 0.771. The number of hydrogen-bond acceptors (Lipinski definition) is 4. The molecule has 2 fully saturated rings. The Morgan fingerprint density at radius 1 is 1.35 bits per heavy atom. The van der Waals surface area contributed by atoms with Crippen LogP contribution in [0.25, 0.3) is 0 Å². The standard InChI is InChI=1S/C12H22N2O2S/c15-12(16)4-8-17-11-2-6-14(7-3-11)10-1-5-13-9-10/h10-11,13H,1-9H2,(H,15,16). The third-order valence-corrected chi connectivity index (χ3v) is 5.08. The van der Waals surface area contributed by atoms with Crippen molar-refractivity contribution in [3.63, 3.8) is 0 Å². The number of piperidine rings is 1. The molecule has 4 nitrogen and oxygen atoms in total. The lowest BCUT2D eigenvalue weighted by atomic mass is 10.1. The predicted octanol–water partition coefficient (Wildman–Crippen LogP) is 1.02. The first kappa shape index (κ1) is 13.2. The SMILES string of the molecule is O=C(O)CCSC1CCN(C2CCNC2)CC1. The van der Waals surface area contributed by atoms with Gasteiger partial charge in [-0.25, -0.2) is 0 Å². The number of rotatable bonds is 5. The molecule has 0 bridgehead atoms. The summed E-state index contributed by atoms with van der Waals surface area (Å²) in [5.41, 5.74) is 0. The molecule has 2 N–H and O–H groups in total. The summed E-state index contributed by atoms with van der Waals surface area (Å²) in [7, 11) is 0. The minimum Gasteiger partial charge on any atom is -0.481 e. The molecule has 0 saturated carbocycles. The maximum absolute atomic E-state index is 10.4. The zero-order valence-corrected chi connectivity index (χ0v) is 11.0. The van der Waals surface area contributed by atoms with Crippen LogP contribution < -0.4 is 5.32 Å². The number of carbonyl (C=O) groups is 1. The summed E-state index contributed by atoms with van der Waals surface area (Å²) in [5, 5.41) is 12.7. The van der Waals surface area contributed by atoms with Crippen molar-refractivity contribution in [3.8, 4) is 0 Å². The third-order valence-electron chi connectivity index (χ3n) is 3.70. The highest BCUT2D eigenvalue weighted by molar-refractivity contribution is 7.99. The Bertz CT molecular complexity index is 249. The van der Waals surface area contributed by atoms with E-state index < -0.39 is 5.97 Å². The fourth-order valence-electron chi connectivity index (χ4n) is 2.67. The van der Waals surface area contributed by atoms with Crippen LogP contribution in [0.1, 0.15) is 25.7 Å². The van der Waals surface area contributed by atoms with Crippen LogP contribution in [0.5, 0.6) is 0 Å². The van der Waals surface area contributed by atoms with Gasteiger partial charge in [0.2, 0.25) is 0 Å². The molecule has 2 aliphatic heterocycles. The molecule has 1 unspecified atom stereocenters. The normalized spacial score (nSPS) is 27.4. The summed E-state index contributed by atoms with van der Waals surface area (Å²) >= 11 is 1.85. The lowest BCUT2D eigenvalue weighted by molar-refractivity contribution is -0.136. The average molecular weight is 258 g/mol. The molecule has 98 valence electrons. The number of nitrogens with zero attached hydrogens (tertiary/aromatic N) is 1. The molecule has 2 rings (SSSR count). The fraction of sp³-hybridized carbons (Fsp3) is 0.917. The van der Waals surface area contributed by atoms with Gasteiger partial charge in [-0.1, -0.05) is 0 Å². The van der Waals surface area contributed by atoms with Gasteiger partial charge < -0.3 is 10.4 Å². The number of likely N-dealkylation sites (tertiary alicyclic amines) is 1. The fourth-order valence-corrected chi connectivity index (χ4v) is 3.84. The predicted molar refractivity (Wildman–Crippen MR) is 70.6 cm³/mol. The van der Waals surface area contributed by atoms with Crippen LogP contribution in [0.3, 0.4) is 0 Å². The number of aliphatic carboxylic acids is 1. The highest BCUT2D eigenvalue weighted by Crippen LogP contribution is 2.25. The summed E-state index contributed by atoms with van der Waals surface area (Å²) in [5.74, 6) is 0.0947. The van der Waals surface area contributed by atoms with Gasteiger partial charge in [-0.2, -0.15) is 11.8 Å². The molecule has 0 aliphatic carbocycles. The van der Waals surface area contributed by atoms with Crippen LogP contribution in [0.4, 0.5) is 0 Å². The number of carboxylic acid groups (broad SMARTS) is 1. The van der Waals surface area contributed by atoms with Crippen molar-refractivity contribution < 1.29 is 9.90 Å². The van der Waals surface area contributed by atoms with Crippen LogP contribution in [0.2, 0.25) is 0 Å². The second-order valence-electron chi connectivity index (χ2n) is 4.90. The first-order valence-electron chi connectivity index (χ1n) is 6.54. The molecule has 1 atom stereocenters. The third kappa shape index (κ3) is 4.16. The van der Waals surface area contributed by atoms with Gasteiger partial charge in [-0.05, 0) is 38.9 Å². The lowest BCUT2D eigenvalue weighted by Gasteiger charge is -2.35. The van der Waals surface area contributed by atoms with Gasteiger partial charge in [0.15, 0.2) is 0 Å². The number of nitrogens with one attached hydrogen (secondary N) is 1. The van der Waals surface area contributed by atoms with Crippen molar-refractivity contribution in [2.45, 2.75) is 37.0 Å². The summed E-state index contributed by atoms with van der Waals surface area (Å²) in [6, 6.07) is 0.750. The van der Waals surface area contributed by atoms with E-state index >= 15 is 0 Å². The van der Waals surface area contributed by atoms with Gasteiger partial charge in [0.05, 0.1) is 6.42 Å². The van der Waals surface area contributed by atoms with E-state index in [9.17, 15) is 4.79 Å². The number of carboxylic acids is 1. The second kappa shape index (κ2) is 6.61. The molecule has 0 aromatic rings. The molecule has 0 aromatic heterocycles. The Balaban J connectivity index is 1.62. The van der Waals surface area contributed by atoms with Crippen molar-refractivity contribution in [3.05, 3.63) is 0 Å². The molecule has 2 aliphatic rings. The van der Waals surface area contributed by atoms with Gasteiger partial charge >= 0.3 is 5.97 Å². The Labute approximate surface area is 107 Å². The molecule has 0 radical (unpaired) electrons. The lowest BCUT2D eigenvalue weighted by Crippen LogP contribution is -2.43. The van der Waals surface area contributed by atoms with E-state index in [0.717, 1.165) is 24.9 Å². The summed E-state index contributed by atoms with van der Waals surface area (Å²) < 4.78 is 0. The smallest absolute Gasteiger partial charge is 0.304 e. The van der Waals surface area contributed by atoms with Gasteiger partial charge in [0, 0.05) is 23.6 Å². The van der Waals surface area contributed by atoms with Crippen molar-refractivity contribution in [1.82, 2.24) is 10.2 Å². The zero-order chi connectivity index (χ0) is 12.1. The Hall–Kier alpha value is -0.260. The monoisotopic (exact) mass is 258 g/mol. The molecule has 2 heterocycles. The molecule has 17 heavy (non-hydrogen) atoms. The van der Waals surface area contributed by atoms with Gasteiger partial charge in [-0.3, -0.25) is 9.69 Å². The minimum absolute atomic E-state index is 0.303. The first-order chi connectivity index (χ1) is 8.25. The van der Waals surface area contributed by atoms with Crippen molar-refractivity contribution in [1.29, 1.82) is 0 Å². The van der Waals surface area contributed by atoms with Crippen LogP contribution in [-0.4, -0.2) is 59.2 Å². The molecule has 0 spiro atoms. The molecular formula is C12H22N2O2S. The maximum Gasteiger partial charge on any atom is 0.304 e. The van der Waals surface area contributed by atoms with Gasteiger partial charge in [0.1, 0.15) is 0 Å². The van der Waals surface area contributed by atoms with Crippen molar-refractivity contribution in [2.24, 2.45) is 0 Å². The number of hydrogen-bond donors (Lipinski definition) is 2. The second-order valence-corrected chi connectivity index (χ2v) is 6.30. The van der Waals surface area contributed by atoms with E-state index in [2.05, 4.69) is 10.2 Å². The molecule has 0 aromatic carbocycles. The highest BCUT2D eigenvalue weighted by atomic mass is 32.2. The molecule has 0 amide bonds. The van der Waals surface area contributed by atoms with E-state index in [1.54, 1.807) is 0 Å². The largest absolute Gasteiger partial charge is 0.481 e. The highest BCUT2D eigenvalue weighted by Gasteiger charge is 2.26. The van der Waals surface area contributed by atoms with Crippen LogP contribution in [-0.2, 0) is 4.79 Å². The average Bonchev–Trinajstić information content (AvgIpc) is 2.83. The van der Waals surface area contributed by atoms with Crippen LogP contribution in [0, 0.1) is 0 Å². The van der Waals surface area contributed by atoms with Crippen molar-refractivity contribution in [2.75, 3.05) is 31.9 Å². The maximum atomic E-state index is 10.4. The van der Waals surface area contributed by atoms with Gasteiger partial charge in [0.25, 0.3) is 0 Å². The van der Waals surface area contributed by atoms with E-state index in [1.807, 2.05) is 11.8 Å². The molecule has 5 heteroatoms. The van der Waals surface area contributed by atoms with Crippen molar-refractivity contribution >= 4 is 17.7 Å². The van der Waals surface area contributed by atoms with Gasteiger partial charge in [-0.15, -0.1) is 0 Å². The van der Waals surface area contributed by atoms with E-state index in [1.165, 1.54) is 32.4 Å². The minimum atomic E-state index is -0.674. The van der Waals surface area contributed by atoms with Crippen LogP contribution >= 0.6 is 11.8 Å². The van der Waals surface area contributed by atoms with E-state index in [-0.39, 0.29) is 0 Å². The molecule has 2 saturated heterocycles. The Kier molecular flexibility index (Phi) is 5.13. The van der Waals surface area contributed by atoms with E-state index in [0.29, 0.717) is 11.7 Å². The summed E-state index contributed by atoms with van der Waals surface area (Å²) in [6.45, 7) is 4.70. The van der Waals surface area contributed by atoms with E-state index in [4.69, 9.17) is 5.11 Å². The topological polar surface area (TPSA) is 52.6 Å². The zero-order valence-electron chi connectivity index (χ0n) is 10.2. The first-order valence-corrected chi connectivity index (χ1v) is 7.59. The summed E-state index contributed by atoms with van der Waals surface area (Å²) in [4.78, 5) is 13.0. The Morgan fingerprint density at radius 2 is 2.12 bits per heavy atom. The van der Waals surface area contributed by atoms with Crippen LogP contribution in [0.15, 0.2) is 0 Å². The summed E-state index contributed by atoms with van der Waals surface area (Å²) in [6.07, 6.45) is 4.04. The Morgan fingerprint density at radius 3 is 2.71 bits per heavy atom. The molecular weight excluding hydrogens is 236 g/mol.